The van der Waals surface area contributed by atoms with E-state index in [4.69, 9.17) is 0 Å². The number of aliphatic hydroxyl groups excluding tert-OH is 1. The molecule has 88 valence electrons. The van der Waals surface area contributed by atoms with Gasteiger partial charge >= 0.3 is 0 Å². The molecule has 2 heteroatoms. The van der Waals surface area contributed by atoms with Crippen molar-refractivity contribution in [3.05, 3.63) is 29.8 Å². The predicted octanol–water partition coefficient (Wildman–Crippen LogP) is 2.73. The van der Waals surface area contributed by atoms with E-state index in [9.17, 15) is 5.11 Å². The normalized spacial score (nSPS) is 25.4. The number of aliphatic hydroxyl groups is 1. The van der Waals surface area contributed by atoms with Crippen LogP contribution in [0.3, 0.4) is 0 Å². The molecule has 1 aliphatic carbocycles. The Morgan fingerprint density at radius 1 is 1.12 bits per heavy atom. The minimum absolute atomic E-state index is 0.167. The summed E-state index contributed by atoms with van der Waals surface area (Å²) in [6.45, 7) is 2.10. The molecule has 1 fully saturated rings. The summed E-state index contributed by atoms with van der Waals surface area (Å²) in [4.78, 5) is 2.23. The van der Waals surface area contributed by atoms with Crippen molar-refractivity contribution in [1.29, 1.82) is 0 Å². The zero-order valence-electron chi connectivity index (χ0n) is 10.2. The Bertz CT molecular complexity index is 333. The van der Waals surface area contributed by atoms with Gasteiger partial charge in [-0.15, -0.1) is 0 Å². The van der Waals surface area contributed by atoms with Gasteiger partial charge in [0.2, 0.25) is 0 Å². The molecule has 0 heterocycles. The first-order valence-electron chi connectivity index (χ1n) is 6.16. The van der Waals surface area contributed by atoms with Crippen molar-refractivity contribution >= 4 is 5.69 Å². The monoisotopic (exact) mass is 219 g/mol. The molecule has 1 aromatic rings. The Kier molecular flexibility index (Phi) is 3.49. The van der Waals surface area contributed by atoms with Crippen molar-refractivity contribution < 1.29 is 5.11 Å². The summed E-state index contributed by atoms with van der Waals surface area (Å²) >= 11 is 0. The average Bonchev–Trinajstić information content (AvgIpc) is 2.30. The third-order valence-electron chi connectivity index (χ3n) is 3.63. The van der Waals surface area contributed by atoms with E-state index < -0.39 is 0 Å². The number of hydrogen-bond donors (Lipinski definition) is 1. The van der Waals surface area contributed by atoms with E-state index in [1.165, 1.54) is 24.1 Å². The Balaban J connectivity index is 2.11. The lowest BCUT2D eigenvalue weighted by molar-refractivity contribution is 0.106. The maximum atomic E-state index is 10.0. The summed E-state index contributed by atoms with van der Waals surface area (Å²) in [5, 5.41) is 10.0. The van der Waals surface area contributed by atoms with Crippen LogP contribution in [0.1, 0.15) is 31.2 Å². The van der Waals surface area contributed by atoms with Gasteiger partial charge in [0.25, 0.3) is 0 Å². The lowest BCUT2D eigenvalue weighted by Crippen LogP contribution is -2.43. The maximum absolute atomic E-state index is 10.0. The van der Waals surface area contributed by atoms with Crippen molar-refractivity contribution in [2.45, 2.75) is 44.8 Å². The van der Waals surface area contributed by atoms with Gasteiger partial charge in [-0.05, 0) is 31.9 Å². The second-order valence-electron chi connectivity index (χ2n) is 4.87. The van der Waals surface area contributed by atoms with Crippen molar-refractivity contribution in [3.63, 3.8) is 0 Å². The molecule has 0 aromatic heterocycles. The van der Waals surface area contributed by atoms with E-state index in [1.54, 1.807) is 0 Å². The fraction of sp³-hybridized carbons (Fsp3) is 0.571. The number of aryl methyl sites for hydroxylation is 1. The number of anilines is 1. The molecule has 2 nitrogen and oxygen atoms in total. The Morgan fingerprint density at radius 2 is 1.75 bits per heavy atom. The van der Waals surface area contributed by atoms with E-state index in [0.29, 0.717) is 0 Å². The van der Waals surface area contributed by atoms with Gasteiger partial charge in [-0.1, -0.05) is 30.5 Å². The highest BCUT2D eigenvalue weighted by Crippen LogP contribution is 2.26. The highest BCUT2D eigenvalue weighted by molar-refractivity contribution is 5.48. The number of hydrogen-bond acceptors (Lipinski definition) is 2. The number of nitrogens with zero attached hydrogens (tertiary/aromatic N) is 1. The van der Waals surface area contributed by atoms with Crippen LogP contribution < -0.4 is 4.90 Å². The number of rotatable bonds is 2. The summed E-state index contributed by atoms with van der Waals surface area (Å²) in [6, 6.07) is 8.81. The molecule has 1 saturated carbocycles. The molecular weight excluding hydrogens is 198 g/mol. The molecule has 0 aliphatic heterocycles. The van der Waals surface area contributed by atoms with Crippen LogP contribution >= 0.6 is 0 Å². The van der Waals surface area contributed by atoms with Gasteiger partial charge in [-0.25, -0.2) is 0 Å². The summed E-state index contributed by atoms with van der Waals surface area (Å²) < 4.78 is 0. The molecule has 2 rings (SSSR count). The van der Waals surface area contributed by atoms with Crippen LogP contribution in [0.25, 0.3) is 0 Å². The highest BCUT2D eigenvalue weighted by Gasteiger charge is 2.26. The van der Waals surface area contributed by atoms with Gasteiger partial charge < -0.3 is 10.0 Å². The number of benzene rings is 1. The van der Waals surface area contributed by atoms with Crippen LogP contribution in [0.5, 0.6) is 0 Å². The number of likely N-dealkylation sites (N-methyl/N-ethyl adjacent to an activating group) is 1. The fourth-order valence-corrected chi connectivity index (χ4v) is 2.51. The smallest absolute Gasteiger partial charge is 0.0743 e. The highest BCUT2D eigenvalue weighted by atomic mass is 16.3. The molecule has 2 atom stereocenters. The Morgan fingerprint density at radius 3 is 2.38 bits per heavy atom. The van der Waals surface area contributed by atoms with Crippen LogP contribution in [0.15, 0.2) is 24.3 Å². The minimum Gasteiger partial charge on any atom is -0.391 e. The van der Waals surface area contributed by atoms with Crippen molar-refractivity contribution in [3.8, 4) is 0 Å². The van der Waals surface area contributed by atoms with E-state index in [2.05, 4.69) is 43.1 Å². The van der Waals surface area contributed by atoms with Crippen LogP contribution in [0.4, 0.5) is 5.69 Å². The van der Waals surface area contributed by atoms with Crippen molar-refractivity contribution in [2.24, 2.45) is 0 Å². The Labute approximate surface area is 97.9 Å². The lowest BCUT2D eigenvalue weighted by atomic mass is 9.91. The largest absolute Gasteiger partial charge is 0.391 e. The summed E-state index contributed by atoms with van der Waals surface area (Å²) in [5.74, 6) is 0. The molecule has 1 aromatic carbocycles. The maximum Gasteiger partial charge on any atom is 0.0743 e. The first-order chi connectivity index (χ1) is 7.68. The van der Waals surface area contributed by atoms with Gasteiger partial charge in [-0.2, -0.15) is 0 Å². The van der Waals surface area contributed by atoms with Gasteiger partial charge in [-0.3, -0.25) is 0 Å². The third kappa shape index (κ3) is 2.38. The topological polar surface area (TPSA) is 23.5 Å². The lowest BCUT2D eigenvalue weighted by Gasteiger charge is -2.36. The van der Waals surface area contributed by atoms with Gasteiger partial charge in [0.15, 0.2) is 0 Å². The summed E-state index contributed by atoms with van der Waals surface area (Å²) in [7, 11) is 2.09. The quantitative estimate of drug-likeness (QED) is 0.826. The molecule has 0 unspecified atom stereocenters. The van der Waals surface area contributed by atoms with Gasteiger partial charge in [0.1, 0.15) is 0 Å². The Hall–Kier alpha value is -1.02. The van der Waals surface area contributed by atoms with E-state index in [-0.39, 0.29) is 12.1 Å². The predicted molar refractivity (Wildman–Crippen MR) is 67.8 cm³/mol. The second-order valence-corrected chi connectivity index (χ2v) is 4.87. The van der Waals surface area contributed by atoms with E-state index in [1.807, 2.05) is 0 Å². The first-order valence-corrected chi connectivity index (χ1v) is 6.16. The first kappa shape index (κ1) is 11.5. The van der Waals surface area contributed by atoms with Crippen molar-refractivity contribution in [1.82, 2.24) is 0 Å². The van der Waals surface area contributed by atoms with Crippen LogP contribution in [0.2, 0.25) is 0 Å². The zero-order chi connectivity index (χ0) is 11.5. The average molecular weight is 219 g/mol. The van der Waals surface area contributed by atoms with E-state index >= 15 is 0 Å². The van der Waals surface area contributed by atoms with Crippen LogP contribution in [0, 0.1) is 6.92 Å². The summed E-state index contributed by atoms with van der Waals surface area (Å²) in [5.41, 5.74) is 2.48. The molecule has 0 bridgehead atoms. The molecule has 0 spiro atoms. The molecular formula is C14H21NO. The molecule has 0 radical (unpaired) electrons. The molecule has 16 heavy (non-hydrogen) atoms. The minimum atomic E-state index is -0.167. The van der Waals surface area contributed by atoms with Gasteiger partial charge in [0.05, 0.1) is 12.1 Å². The van der Waals surface area contributed by atoms with Crippen LogP contribution in [-0.2, 0) is 0 Å². The van der Waals surface area contributed by atoms with Crippen LogP contribution in [-0.4, -0.2) is 24.3 Å². The standard InChI is InChI=1S/C14H21NO/c1-11-7-9-12(10-8-11)15(2)13-5-3-4-6-14(13)16/h7-10,13-14,16H,3-6H2,1-2H3/t13-,14-/m1/s1. The fourth-order valence-electron chi connectivity index (χ4n) is 2.51. The molecule has 0 saturated heterocycles. The molecule has 1 N–H and O–H groups in total. The third-order valence-corrected chi connectivity index (χ3v) is 3.63. The second kappa shape index (κ2) is 4.88. The SMILES string of the molecule is Cc1ccc(N(C)[C@@H]2CCCC[C@H]2O)cc1. The van der Waals surface area contributed by atoms with E-state index in [0.717, 1.165) is 12.8 Å². The van der Waals surface area contributed by atoms with Gasteiger partial charge in [0, 0.05) is 12.7 Å². The zero-order valence-corrected chi connectivity index (χ0v) is 10.2. The molecule has 1 aliphatic rings. The molecule has 0 amide bonds. The van der Waals surface area contributed by atoms with Crippen molar-refractivity contribution in [2.75, 3.05) is 11.9 Å². The summed E-state index contributed by atoms with van der Waals surface area (Å²) in [6.07, 6.45) is 4.28.